The Balaban J connectivity index is 1.10. The maximum absolute atomic E-state index is 6.92. The summed E-state index contributed by atoms with van der Waals surface area (Å²) < 4.78 is 15.8. The highest BCUT2D eigenvalue weighted by Gasteiger charge is 2.41. The first kappa shape index (κ1) is 30.2. The molecule has 5 nitrogen and oxygen atoms in total. The second-order valence-electron chi connectivity index (χ2n) is 14.4. The van der Waals surface area contributed by atoms with Gasteiger partial charge in [0.25, 0.3) is 0 Å². The molecule has 0 aliphatic carbocycles. The number of hydrogen-bond acceptors (Lipinski definition) is 4. The number of furan rings is 1. The Morgan fingerprint density at radius 2 is 1.27 bits per heavy atom. The number of ether oxygens (including phenoxy) is 1. The van der Waals surface area contributed by atoms with Crippen molar-refractivity contribution in [1.82, 2.24) is 4.57 Å². The Morgan fingerprint density at radius 3 is 2.16 bits per heavy atom. The fourth-order valence-electron chi connectivity index (χ4n) is 8.90. The van der Waals surface area contributed by atoms with E-state index in [1.54, 1.807) is 0 Å². The van der Waals surface area contributed by atoms with E-state index in [0.29, 0.717) is 5.84 Å². The molecule has 10 aromatic rings. The lowest BCUT2D eigenvalue weighted by Gasteiger charge is -2.24. The normalized spacial score (nSPS) is 16.4. The Kier molecular flexibility index (Phi) is 6.39. The van der Waals surface area contributed by atoms with Gasteiger partial charge in [-0.1, -0.05) is 140 Å². The topological polar surface area (TPSA) is 52.0 Å². The predicted octanol–water partition coefficient (Wildman–Crippen LogP) is 12.3. The van der Waals surface area contributed by atoms with Gasteiger partial charge in [0.2, 0.25) is 0 Å². The lowest BCUT2D eigenvalue weighted by Crippen LogP contribution is -2.33. The van der Waals surface area contributed by atoms with Crippen LogP contribution in [0.15, 0.2) is 190 Å². The van der Waals surface area contributed by atoms with Crippen LogP contribution in [0.1, 0.15) is 22.7 Å². The third kappa shape index (κ3) is 4.47. The van der Waals surface area contributed by atoms with Gasteiger partial charge in [-0.05, 0) is 63.9 Å². The zero-order valence-electron chi connectivity index (χ0n) is 29.6. The second-order valence-corrected chi connectivity index (χ2v) is 14.4. The minimum Gasteiger partial charge on any atom is -0.481 e. The van der Waals surface area contributed by atoms with Crippen molar-refractivity contribution in [3.8, 4) is 22.6 Å². The first-order valence-corrected chi connectivity index (χ1v) is 18.7. The Bertz CT molecular complexity index is 3250. The zero-order valence-corrected chi connectivity index (χ0v) is 29.6. The molecule has 5 heteroatoms. The summed E-state index contributed by atoms with van der Waals surface area (Å²) >= 11 is 0. The van der Waals surface area contributed by atoms with E-state index in [4.69, 9.17) is 19.1 Å². The molecule has 0 radical (unpaired) electrons. The van der Waals surface area contributed by atoms with Crippen molar-refractivity contribution in [3.05, 3.63) is 193 Å². The molecule has 2 aliphatic heterocycles. The number of nitrogens with zero attached hydrogens (tertiary/aromatic N) is 3. The van der Waals surface area contributed by atoms with E-state index in [1.165, 1.54) is 32.7 Å². The molecule has 0 bridgehead atoms. The molecule has 2 atom stereocenters. The molecule has 2 aliphatic rings. The molecule has 0 fully saturated rings. The summed E-state index contributed by atoms with van der Waals surface area (Å²) in [5, 5.41) is 6.89. The molecule has 2 unspecified atom stereocenters. The van der Waals surface area contributed by atoms with Crippen molar-refractivity contribution in [3.63, 3.8) is 0 Å². The van der Waals surface area contributed by atoms with Crippen LogP contribution in [0.4, 0.5) is 0 Å². The molecule has 258 valence electrons. The molecular weight excluding hydrogens is 675 g/mol. The van der Waals surface area contributed by atoms with Crippen LogP contribution in [-0.2, 0) is 0 Å². The van der Waals surface area contributed by atoms with Crippen molar-refractivity contribution in [2.75, 3.05) is 0 Å². The number of aromatic nitrogens is 1. The third-order valence-corrected chi connectivity index (χ3v) is 11.4. The molecule has 55 heavy (non-hydrogen) atoms. The van der Waals surface area contributed by atoms with E-state index in [-0.39, 0.29) is 12.1 Å². The largest absolute Gasteiger partial charge is 0.481 e. The highest BCUT2D eigenvalue weighted by molar-refractivity contribution is 6.25. The van der Waals surface area contributed by atoms with Gasteiger partial charge in [0, 0.05) is 32.7 Å². The van der Waals surface area contributed by atoms with Crippen LogP contribution < -0.4 is 4.74 Å². The minimum absolute atomic E-state index is 0.212. The van der Waals surface area contributed by atoms with Gasteiger partial charge in [-0.3, -0.25) is 4.99 Å². The van der Waals surface area contributed by atoms with Gasteiger partial charge in [0.05, 0.1) is 22.4 Å². The predicted molar refractivity (Wildman–Crippen MR) is 224 cm³/mol. The van der Waals surface area contributed by atoms with Gasteiger partial charge in [-0.15, -0.1) is 0 Å². The summed E-state index contributed by atoms with van der Waals surface area (Å²) in [6, 6.07) is 61.6. The summed E-state index contributed by atoms with van der Waals surface area (Å²) in [6.45, 7) is 0. The molecule has 12 rings (SSSR count). The van der Waals surface area contributed by atoms with E-state index >= 15 is 0 Å². The summed E-state index contributed by atoms with van der Waals surface area (Å²) in [5.74, 6) is 1.54. The van der Waals surface area contributed by atoms with E-state index in [0.717, 1.165) is 66.8 Å². The van der Waals surface area contributed by atoms with Crippen molar-refractivity contribution in [2.45, 2.75) is 12.1 Å². The van der Waals surface area contributed by atoms with E-state index in [9.17, 15) is 0 Å². The fraction of sp³-hybridized carbons (Fsp3) is 0.0400. The maximum Gasteiger partial charge on any atom is 0.168 e. The van der Waals surface area contributed by atoms with Crippen molar-refractivity contribution >= 4 is 66.1 Å². The molecule has 0 N–H and O–H groups in total. The van der Waals surface area contributed by atoms with Crippen LogP contribution >= 0.6 is 0 Å². The van der Waals surface area contributed by atoms with Gasteiger partial charge in [-0.2, -0.15) is 0 Å². The highest BCUT2D eigenvalue weighted by Crippen LogP contribution is 2.45. The summed E-state index contributed by atoms with van der Waals surface area (Å²) in [5.41, 5.74) is 11.2. The third-order valence-electron chi connectivity index (χ3n) is 11.4. The van der Waals surface area contributed by atoms with E-state index in [2.05, 4.69) is 144 Å². The number of hydrogen-bond donors (Lipinski definition) is 0. The molecule has 0 saturated carbocycles. The van der Waals surface area contributed by atoms with Gasteiger partial charge < -0.3 is 13.7 Å². The molecule has 8 aromatic carbocycles. The molecular formula is C50H31N3O2. The summed E-state index contributed by atoms with van der Waals surface area (Å²) in [4.78, 5) is 10.6. The van der Waals surface area contributed by atoms with Crippen LogP contribution in [0.5, 0.6) is 5.75 Å². The number of amidine groups is 1. The zero-order chi connectivity index (χ0) is 36.0. The van der Waals surface area contributed by atoms with E-state index in [1.807, 2.05) is 36.4 Å². The van der Waals surface area contributed by atoms with Gasteiger partial charge in [-0.25, -0.2) is 4.99 Å². The number of rotatable bonds is 4. The minimum atomic E-state index is -0.302. The Morgan fingerprint density at radius 1 is 0.527 bits per heavy atom. The molecule has 0 amide bonds. The molecule has 0 saturated heterocycles. The lowest BCUT2D eigenvalue weighted by molar-refractivity contribution is 0.275. The maximum atomic E-state index is 6.92. The second kappa shape index (κ2) is 11.6. The monoisotopic (exact) mass is 705 g/mol. The average Bonchev–Trinajstić information content (AvgIpc) is 3.93. The molecule has 0 spiro atoms. The van der Waals surface area contributed by atoms with Gasteiger partial charge in [0.15, 0.2) is 17.5 Å². The molecule has 4 heterocycles. The van der Waals surface area contributed by atoms with Gasteiger partial charge >= 0.3 is 0 Å². The van der Waals surface area contributed by atoms with Crippen LogP contribution in [-0.4, -0.2) is 22.2 Å². The van der Waals surface area contributed by atoms with Crippen LogP contribution in [0, 0.1) is 0 Å². The summed E-state index contributed by atoms with van der Waals surface area (Å²) in [7, 11) is 0. The van der Waals surface area contributed by atoms with Crippen LogP contribution in [0.2, 0.25) is 0 Å². The highest BCUT2D eigenvalue weighted by atomic mass is 16.5. The fourth-order valence-corrected chi connectivity index (χ4v) is 8.90. The SMILES string of the molecule is c1ccc(C2=NC(c3cccc4oc5c(-n6c7ccc(-c8ccccc8)cc7c7c8ccccc8ccc76)cccc5c34)=NC3c4ccccc4OC23)cc1. The van der Waals surface area contributed by atoms with Crippen molar-refractivity contribution in [1.29, 1.82) is 0 Å². The first-order valence-electron chi connectivity index (χ1n) is 18.7. The van der Waals surface area contributed by atoms with Crippen LogP contribution in [0.25, 0.3) is 71.3 Å². The standard InChI is InChI=1S/C50H31N3O2/c1-3-13-30(14-4-1)33-26-27-39-38(29-33)44-34-18-8-7-15-31(34)25-28-40(44)53(39)41-22-11-20-36-45-37(21-12-24-43(45)55-48(36)41)50-51-46(32-16-5-2-6-17-32)49-47(52-50)35-19-9-10-23-42(35)54-49/h1-29,47,49H. The van der Waals surface area contributed by atoms with Crippen LogP contribution in [0.3, 0.4) is 0 Å². The smallest absolute Gasteiger partial charge is 0.168 e. The quantitative estimate of drug-likeness (QED) is 0.183. The van der Waals surface area contributed by atoms with Crippen molar-refractivity contribution in [2.24, 2.45) is 9.98 Å². The number of benzene rings is 8. The number of para-hydroxylation sites is 2. The Labute approximate surface area is 316 Å². The lowest BCUT2D eigenvalue weighted by atomic mass is 9.94. The Hall–Kier alpha value is -7.24. The van der Waals surface area contributed by atoms with Crippen molar-refractivity contribution < 1.29 is 9.15 Å². The van der Waals surface area contributed by atoms with E-state index < -0.39 is 0 Å². The number of aliphatic imine (C=N–C) groups is 2. The number of fused-ring (bicyclic) bond motifs is 11. The first-order chi connectivity index (χ1) is 27.3. The summed E-state index contributed by atoms with van der Waals surface area (Å²) in [6.07, 6.45) is -0.302. The molecule has 2 aromatic heterocycles. The van der Waals surface area contributed by atoms with Gasteiger partial charge in [0.1, 0.15) is 17.4 Å². The average molecular weight is 706 g/mol.